The molecule has 0 spiro atoms. The fraction of sp³-hybridized carbons (Fsp3) is 0.375. The first-order chi connectivity index (χ1) is 15.2. The molecular weight excluding hydrogens is 476 g/mol. The maximum Gasteiger partial charge on any atom is 0.324 e. The highest BCUT2D eigenvalue weighted by molar-refractivity contribution is 9.10. The van der Waals surface area contributed by atoms with Gasteiger partial charge in [0.1, 0.15) is 11.3 Å². The summed E-state index contributed by atoms with van der Waals surface area (Å²) in [7, 11) is 0. The molecule has 2 aromatic carbocycles. The van der Waals surface area contributed by atoms with Crippen molar-refractivity contribution >= 4 is 33.7 Å². The molecule has 0 radical (unpaired) electrons. The molecule has 4 unspecified atom stereocenters. The number of benzene rings is 2. The van der Waals surface area contributed by atoms with Gasteiger partial charge in [-0.2, -0.15) is 0 Å². The average molecular weight is 501 g/mol. The number of carbonyl (C=O) groups is 3. The minimum absolute atomic E-state index is 0.0415. The van der Waals surface area contributed by atoms with Crippen LogP contribution in [0.25, 0.3) is 0 Å². The monoisotopic (exact) mass is 500 g/mol. The van der Waals surface area contributed by atoms with Gasteiger partial charge >= 0.3 is 5.97 Å². The first kappa shape index (κ1) is 22.5. The van der Waals surface area contributed by atoms with E-state index in [0.29, 0.717) is 10.0 Å². The van der Waals surface area contributed by atoms with E-state index in [1.807, 2.05) is 44.2 Å². The van der Waals surface area contributed by atoms with E-state index in [-0.39, 0.29) is 24.6 Å². The van der Waals surface area contributed by atoms with Crippen LogP contribution in [-0.4, -0.2) is 38.4 Å². The lowest BCUT2D eigenvalue weighted by atomic mass is 9.75. The van der Waals surface area contributed by atoms with Gasteiger partial charge in [0.15, 0.2) is 0 Å². The van der Waals surface area contributed by atoms with E-state index in [9.17, 15) is 24.6 Å². The quantitative estimate of drug-likeness (QED) is 0.524. The summed E-state index contributed by atoms with van der Waals surface area (Å²) in [5.74, 6) is -4.18. The van der Waals surface area contributed by atoms with Gasteiger partial charge in [0.2, 0.25) is 11.8 Å². The number of amides is 2. The molecule has 2 amide bonds. The van der Waals surface area contributed by atoms with Crippen molar-refractivity contribution in [2.45, 2.75) is 38.4 Å². The molecule has 0 saturated carbocycles. The molecule has 4 atom stereocenters. The number of aromatic hydroxyl groups is 1. The summed E-state index contributed by atoms with van der Waals surface area (Å²) < 4.78 is 0.679. The molecule has 0 aliphatic carbocycles. The number of hydrogen-bond acceptors (Lipinski definition) is 5. The van der Waals surface area contributed by atoms with Crippen LogP contribution >= 0.6 is 15.9 Å². The van der Waals surface area contributed by atoms with Gasteiger partial charge in [-0.3, -0.25) is 24.6 Å². The predicted octanol–water partition coefficient (Wildman–Crippen LogP) is 3.47. The van der Waals surface area contributed by atoms with Crippen LogP contribution in [0.4, 0.5) is 0 Å². The fourth-order valence-electron chi connectivity index (χ4n) is 5.14. The van der Waals surface area contributed by atoms with Crippen LogP contribution in [0.2, 0.25) is 0 Å². The number of hydrogen-bond donors (Lipinski definition) is 3. The van der Waals surface area contributed by atoms with Crippen LogP contribution in [0.5, 0.6) is 5.75 Å². The number of rotatable bonds is 6. The van der Waals surface area contributed by atoms with E-state index in [2.05, 4.69) is 21.2 Å². The summed E-state index contributed by atoms with van der Waals surface area (Å²) in [6.07, 6.45) is 0.174. The molecule has 2 heterocycles. The number of nitrogens with one attached hydrogen (secondary N) is 1. The van der Waals surface area contributed by atoms with E-state index >= 15 is 0 Å². The lowest BCUT2D eigenvalue weighted by Crippen LogP contribution is -2.56. The molecule has 2 aromatic rings. The van der Waals surface area contributed by atoms with E-state index in [1.165, 1.54) is 11.0 Å². The first-order valence-electron chi connectivity index (χ1n) is 10.5. The average Bonchev–Trinajstić information content (AvgIpc) is 3.20. The Labute approximate surface area is 194 Å². The van der Waals surface area contributed by atoms with Crippen molar-refractivity contribution in [3.05, 3.63) is 64.1 Å². The summed E-state index contributed by atoms with van der Waals surface area (Å²) >= 11 is 3.38. The first-order valence-corrected chi connectivity index (χ1v) is 11.3. The number of carboxylic acid groups (broad SMARTS) is 1. The molecule has 2 aliphatic rings. The minimum Gasteiger partial charge on any atom is -0.508 e. The molecule has 2 saturated heterocycles. The summed E-state index contributed by atoms with van der Waals surface area (Å²) in [6.45, 7) is 3.85. The van der Waals surface area contributed by atoms with Crippen LogP contribution < -0.4 is 5.32 Å². The maximum atomic E-state index is 13.6. The van der Waals surface area contributed by atoms with E-state index in [1.54, 1.807) is 12.1 Å². The zero-order valence-electron chi connectivity index (χ0n) is 17.8. The van der Waals surface area contributed by atoms with Gasteiger partial charge in [-0.25, -0.2) is 0 Å². The van der Waals surface area contributed by atoms with Crippen LogP contribution in [0, 0.1) is 17.8 Å². The van der Waals surface area contributed by atoms with Crippen LogP contribution in [0.15, 0.2) is 53.0 Å². The van der Waals surface area contributed by atoms with Gasteiger partial charge in [-0.05, 0) is 36.1 Å². The van der Waals surface area contributed by atoms with Crippen molar-refractivity contribution in [2.24, 2.45) is 17.8 Å². The lowest BCUT2D eigenvalue weighted by Gasteiger charge is -2.32. The number of carboxylic acids is 1. The molecule has 0 aromatic heterocycles. The lowest BCUT2D eigenvalue weighted by molar-refractivity contribution is -0.152. The van der Waals surface area contributed by atoms with E-state index in [4.69, 9.17) is 0 Å². The predicted molar refractivity (Wildman–Crippen MR) is 120 cm³/mol. The molecule has 0 bridgehead atoms. The molecule has 3 N–H and O–H groups in total. The van der Waals surface area contributed by atoms with Gasteiger partial charge < -0.3 is 10.2 Å². The SMILES string of the molecule is CC(C)CC1(C(=O)O)NC(c2cc(Br)ccc2O)C2C(=O)N(Cc3ccccc3)C(=O)C21. The Bertz CT molecular complexity index is 1070. The highest BCUT2D eigenvalue weighted by Crippen LogP contribution is 2.52. The normalized spacial score (nSPS) is 27.2. The Morgan fingerprint density at radius 1 is 1.16 bits per heavy atom. The number of imide groups is 1. The topological polar surface area (TPSA) is 107 Å². The van der Waals surface area contributed by atoms with Crippen molar-refractivity contribution in [1.29, 1.82) is 0 Å². The number of aliphatic carboxylic acids is 1. The number of nitrogens with zero attached hydrogens (tertiary/aromatic N) is 1. The standard InChI is InChI=1S/C24H25BrN2O5/c1-13(2)11-24(23(31)32)19-18(20(26-24)16-10-15(25)8-9-17(16)28)21(29)27(22(19)30)12-14-6-4-3-5-7-14/h3-10,13,18-20,26,28H,11-12H2,1-2H3,(H,31,32). The maximum absolute atomic E-state index is 13.6. The van der Waals surface area contributed by atoms with Crippen molar-refractivity contribution in [3.8, 4) is 5.75 Å². The summed E-state index contributed by atoms with van der Waals surface area (Å²) in [6, 6.07) is 13.1. The summed E-state index contributed by atoms with van der Waals surface area (Å²) in [5.41, 5.74) is -0.436. The highest BCUT2D eigenvalue weighted by Gasteiger charge is 2.68. The zero-order chi connectivity index (χ0) is 23.2. The van der Waals surface area contributed by atoms with Crippen LogP contribution in [-0.2, 0) is 20.9 Å². The number of phenolic OH excluding ortho intramolecular Hbond substituents is 1. The molecule has 4 rings (SSSR count). The van der Waals surface area contributed by atoms with E-state index < -0.39 is 41.2 Å². The number of carbonyl (C=O) groups excluding carboxylic acids is 2. The van der Waals surface area contributed by atoms with Gasteiger partial charge in [0.25, 0.3) is 0 Å². The largest absolute Gasteiger partial charge is 0.508 e. The van der Waals surface area contributed by atoms with Crippen molar-refractivity contribution in [1.82, 2.24) is 10.2 Å². The third-order valence-corrected chi connectivity index (χ3v) is 6.86. The molecule has 7 nitrogen and oxygen atoms in total. The van der Waals surface area contributed by atoms with Crippen molar-refractivity contribution in [3.63, 3.8) is 0 Å². The number of likely N-dealkylation sites (tertiary alicyclic amines) is 1. The van der Waals surface area contributed by atoms with E-state index in [0.717, 1.165) is 5.56 Å². The van der Waals surface area contributed by atoms with Gasteiger partial charge in [-0.1, -0.05) is 60.1 Å². The number of halogens is 1. The van der Waals surface area contributed by atoms with Gasteiger partial charge in [-0.15, -0.1) is 0 Å². The van der Waals surface area contributed by atoms with Gasteiger partial charge in [0, 0.05) is 16.1 Å². The second kappa shape index (κ2) is 8.33. The third-order valence-electron chi connectivity index (χ3n) is 6.37. The Balaban J connectivity index is 1.83. The van der Waals surface area contributed by atoms with Crippen molar-refractivity contribution in [2.75, 3.05) is 0 Å². The zero-order valence-corrected chi connectivity index (χ0v) is 19.4. The molecular formula is C24H25BrN2O5. The number of fused-ring (bicyclic) bond motifs is 1. The van der Waals surface area contributed by atoms with Crippen molar-refractivity contribution < 1.29 is 24.6 Å². The molecule has 168 valence electrons. The molecule has 2 fully saturated rings. The summed E-state index contributed by atoms with van der Waals surface area (Å²) in [5, 5.41) is 24.0. The van der Waals surface area contributed by atoms with Crippen LogP contribution in [0.3, 0.4) is 0 Å². The Morgan fingerprint density at radius 2 is 1.84 bits per heavy atom. The number of phenols is 1. The minimum atomic E-state index is -1.61. The third kappa shape index (κ3) is 3.61. The second-order valence-corrected chi connectivity index (χ2v) is 9.87. The Kier molecular flexibility index (Phi) is 5.85. The summed E-state index contributed by atoms with van der Waals surface area (Å²) in [4.78, 5) is 40.9. The van der Waals surface area contributed by atoms with Crippen LogP contribution in [0.1, 0.15) is 37.4 Å². The highest BCUT2D eigenvalue weighted by atomic mass is 79.9. The molecule has 2 aliphatic heterocycles. The smallest absolute Gasteiger partial charge is 0.324 e. The second-order valence-electron chi connectivity index (χ2n) is 8.95. The molecule has 32 heavy (non-hydrogen) atoms. The Morgan fingerprint density at radius 3 is 2.47 bits per heavy atom. The molecule has 8 heteroatoms. The Hall–Kier alpha value is -2.71. The van der Waals surface area contributed by atoms with Gasteiger partial charge in [0.05, 0.1) is 18.4 Å². The fourth-order valence-corrected chi connectivity index (χ4v) is 5.52.